The third-order valence-corrected chi connectivity index (χ3v) is 3.99. The van der Waals surface area contributed by atoms with Crippen LogP contribution >= 0.6 is 0 Å². The minimum absolute atomic E-state index is 0.507. The molecule has 0 saturated carbocycles. The number of hydrogen-bond acceptors (Lipinski definition) is 5. The molecule has 0 bridgehead atoms. The molecule has 0 unspecified atom stereocenters. The summed E-state index contributed by atoms with van der Waals surface area (Å²) in [5.74, 6) is 1.06. The first-order chi connectivity index (χ1) is 12.5. The number of para-hydroxylation sites is 1. The van der Waals surface area contributed by atoms with E-state index in [1.807, 2.05) is 43.3 Å². The van der Waals surface area contributed by atoms with Crippen LogP contribution < -0.4 is 11.1 Å². The van der Waals surface area contributed by atoms with Crippen LogP contribution in [0.15, 0.2) is 47.0 Å². The number of amides is 2. The Labute approximate surface area is 148 Å². The van der Waals surface area contributed by atoms with E-state index in [0.29, 0.717) is 28.6 Å². The minimum Gasteiger partial charge on any atom is -0.439 e. The average Bonchev–Trinajstić information content (AvgIpc) is 3.14. The number of primary amides is 1. The number of carbonyl (C=O) groups is 1. The van der Waals surface area contributed by atoms with Gasteiger partial charge < -0.3 is 10.2 Å². The van der Waals surface area contributed by atoms with Gasteiger partial charge in [-0.2, -0.15) is 10.1 Å². The summed E-state index contributed by atoms with van der Waals surface area (Å²) < 4.78 is 7.20. The number of urea groups is 1. The number of oxazole rings is 1. The van der Waals surface area contributed by atoms with Crippen LogP contribution in [0.3, 0.4) is 0 Å². The Morgan fingerprint density at radius 1 is 1.23 bits per heavy atom. The van der Waals surface area contributed by atoms with Gasteiger partial charge in [0.15, 0.2) is 17.1 Å². The smallest absolute Gasteiger partial charge is 0.317 e. The van der Waals surface area contributed by atoms with Crippen molar-refractivity contribution in [1.82, 2.24) is 19.7 Å². The number of anilines is 1. The molecule has 0 spiro atoms. The normalized spacial score (nSPS) is 11.0. The number of fused-ring (bicyclic) bond motifs is 1. The first-order valence-electron chi connectivity index (χ1n) is 7.98. The Bertz CT molecular complexity index is 1110. The van der Waals surface area contributed by atoms with Crippen LogP contribution in [-0.2, 0) is 0 Å². The summed E-state index contributed by atoms with van der Waals surface area (Å²) in [6.07, 6.45) is 1.68. The number of nitrogens with two attached hydrogens (primary N) is 1. The molecule has 4 aromatic rings. The Hall–Kier alpha value is -3.68. The van der Waals surface area contributed by atoms with E-state index in [4.69, 9.17) is 10.2 Å². The molecular formula is C18H16N6O2. The molecular weight excluding hydrogens is 332 g/mol. The molecule has 1 aromatic carbocycles. The third-order valence-electron chi connectivity index (χ3n) is 3.99. The molecule has 3 N–H and O–H groups in total. The molecule has 3 heterocycles. The van der Waals surface area contributed by atoms with Gasteiger partial charge in [-0.25, -0.2) is 14.5 Å². The summed E-state index contributed by atoms with van der Waals surface area (Å²) in [4.78, 5) is 20.0. The van der Waals surface area contributed by atoms with E-state index >= 15 is 0 Å². The predicted octanol–water partition coefficient (Wildman–Crippen LogP) is 3.18. The summed E-state index contributed by atoms with van der Waals surface area (Å²) >= 11 is 0. The van der Waals surface area contributed by atoms with Crippen LogP contribution in [0.25, 0.3) is 28.2 Å². The highest BCUT2D eigenvalue weighted by atomic mass is 16.3. The van der Waals surface area contributed by atoms with Crippen LogP contribution in [0.4, 0.5) is 10.6 Å². The van der Waals surface area contributed by atoms with Gasteiger partial charge in [-0.3, -0.25) is 5.32 Å². The van der Waals surface area contributed by atoms with Crippen molar-refractivity contribution in [2.24, 2.45) is 5.73 Å². The number of nitrogens with zero attached hydrogens (tertiary/aromatic N) is 4. The number of aromatic nitrogens is 4. The topological polar surface area (TPSA) is 112 Å². The Balaban J connectivity index is 1.90. The Kier molecular flexibility index (Phi) is 3.65. The van der Waals surface area contributed by atoms with E-state index in [-0.39, 0.29) is 0 Å². The van der Waals surface area contributed by atoms with Gasteiger partial charge in [0, 0.05) is 24.2 Å². The second kappa shape index (κ2) is 5.99. The van der Waals surface area contributed by atoms with E-state index in [0.717, 1.165) is 16.8 Å². The Morgan fingerprint density at radius 2 is 2.00 bits per heavy atom. The Morgan fingerprint density at radius 3 is 2.73 bits per heavy atom. The van der Waals surface area contributed by atoms with Gasteiger partial charge in [-0.15, -0.1) is 0 Å². The number of pyridine rings is 1. The van der Waals surface area contributed by atoms with Crippen molar-refractivity contribution >= 4 is 23.1 Å². The van der Waals surface area contributed by atoms with Crippen molar-refractivity contribution in [2.45, 2.75) is 13.8 Å². The molecule has 4 rings (SSSR count). The summed E-state index contributed by atoms with van der Waals surface area (Å²) in [6, 6.07) is 10.7. The van der Waals surface area contributed by atoms with Crippen molar-refractivity contribution in [3.63, 3.8) is 0 Å². The number of benzene rings is 1. The van der Waals surface area contributed by atoms with Gasteiger partial charge in [0.1, 0.15) is 5.82 Å². The highest BCUT2D eigenvalue weighted by Gasteiger charge is 2.19. The summed E-state index contributed by atoms with van der Waals surface area (Å²) in [6.45, 7) is 3.63. The monoisotopic (exact) mass is 348 g/mol. The number of carbonyl (C=O) groups excluding carboxylic acids is 1. The fourth-order valence-corrected chi connectivity index (χ4v) is 2.85. The molecule has 8 nitrogen and oxygen atoms in total. The molecule has 0 radical (unpaired) electrons. The quantitative estimate of drug-likeness (QED) is 0.590. The van der Waals surface area contributed by atoms with Crippen molar-refractivity contribution < 1.29 is 9.21 Å². The number of aryl methyl sites for hydroxylation is 1. The highest BCUT2D eigenvalue weighted by molar-refractivity contribution is 5.90. The van der Waals surface area contributed by atoms with Crippen LogP contribution in [0.1, 0.15) is 11.5 Å². The number of nitrogens with one attached hydrogen (secondary N) is 1. The van der Waals surface area contributed by atoms with Crippen molar-refractivity contribution in [1.29, 1.82) is 0 Å². The second-order valence-electron chi connectivity index (χ2n) is 5.84. The van der Waals surface area contributed by atoms with Crippen molar-refractivity contribution in [2.75, 3.05) is 5.32 Å². The maximum absolute atomic E-state index is 11.5. The van der Waals surface area contributed by atoms with Crippen LogP contribution in [0, 0.1) is 13.8 Å². The number of rotatable bonds is 3. The fraction of sp³-hybridized carbons (Fsp3) is 0.111. The van der Waals surface area contributed by atoms with E-state index < -0.39 is 6.03 Å². The summed E-state index contributed by atoms with van der Waals surface area (Å²) in [7, 11) is 0. The zero-order valence-corrected chi connectivity index (χ0v) is 14.2. The lowest BCUT2D eigenvalue weighted by Crippen LogP contribution is -2.21. The molecule has 0 fully saturated rings. The van der Waals surface area contributed by atoms with Crippen LogP contribution in [0.5, 0.6) is 0 Å². The van der Waals surface area contributed by atoms with Gasteiger partial charge in [-0.1, -0.05) is 18.2 Å². The van der Waals surface area contributed by atoms with Crippen LogP contribution in [-0.4, -0.2) is 25.8 Å². The molecule has 2 amide bonds. The third kappa shape index (κ3) is 2.67. The van der Waals surface area contributed by atoms with Gasteiger partial charge in [0.25, 0.3) is 0 Å². The predicted molar refractivity (Wildman–Crippen MR) is 97.0 cm³/mol. The van der Waals surface area contributed by atoms with Gasteiger partial charge in [0.2, 0.25) is 0 Å². The molecule has 26 heavy (non-hydrogen) atoms. The standard InChI is InChI=1S/C18H16N6O2/c1-10-15(12-8-14-16(20-9-12)21-11(2)26-14)23-24(17(10)22-18(19)25)13-6-4-3-5-7-13/h3-9H,1-2H3,(H3,19,22,25). The zero-order valence-electron chi connectivity index (χ0n) is 14.2. The summed E-state index contributed by atoms with van der Waals surface area (Å²) in [5, 5.41) is 7.32. The highest BCUT2D eigenvalue weighted by Crippen LogP contribution is 2.31. The second-order valence-corrected chi connectivity index (χ2v) is 5.84. The number of hydrogen-bond donors (Lipinski definition) is 2. The molecule has 3 aromatic heterocycles. The van der Waals surface area contributed by atoms with Crippen molar-refractivity contribution in [3.8, 4) is 16.9 Å². The van der Waals surface area contributed by atoms with Gasteiger partial charge in [0.05, 0.1) is 11.4 Å². The van der Waals surface area contributed by atoms with E-state index in [2.05, 4.69) is 20.4 Å². The largest absolute Gasteiger partial charge is 0.439 e. The van der Waals surface area contributed by atoms with E-state index in [1.54, 1.807) is 17.8 Å². The molecule has 0 aliphatic rings. The molecule has 0 aliphatic carbocycles. The molecule has 0 saturated heterocycles. The first-order valence-corrected chi connectivity index (χ1v) is 7.98. The molecule has 0 aliphatic heterocycles. The SMILES string of the molecule is Cc1nc2ncc(-c3nn(-c4ccccc4)c(NC(N)=O)c3C)cc2o1. The molecule has 8 heteroatoms. The zero-order chi connectivity index (χ0) is 18.3. The van der Waals surface area contributed by atoms with E-state index in [1.165, 1.54) is 0 Å². The van der Waals surface area contributed by atoms with Gasteiger partial charge in [-0.05, 0) is 25.1 Å². The maximum atomic E-state index is 11.5. The van der Waals surface area contributed by atoms with E-state index in [9.17, 15) is 4.79 Å². The fourth-order valence-electron chi connectivity index (χ4n) is 2.85. The minimum atomic E-state index is -0.656. The van der Waals surface area contributed by atoms with Gasteiger partial charge >= 0.3 is 6.03 Å². The van der Waals surface area contributed by atoms with Crippen molar-refractivity contribution in [3.05, 3.63) is 54.0 Å². The lowest BCUT2D eigenvalue weighted by Gasteiger charge is -2.07. The molecule has 0 atom stereocenters. The lowest BCUT2D eigenvalue weighted by molar-refractivity contribution is 0.259. The maximum Gasteiger partial charge on any atom is 0.317 e. The average molecular weight is 348 g/mol. The lowest BCUT2D eigenvalue weighted by atomic mass is 10.1. The summed E-state index contributed by atoms with van der Waals surface area (Å²) in [5.41, 5.74) is 9.46. The molecule has 130 valence electrons. The first kappa shape index (κ1) is 15.8. The van der Waals surface area contributed by atoms with Crippen LogP contribution in [0.2, 0.25) is 0 Å².